The zero-order chi connectivity index (χ0) is 10.6. The average Bonchev–Trinajstić information content (AvgIpc) is 2.14. The van der Waals surface area contributed by atoms with Gasteiger partial charge in [0, 0.05) is 12.5 Å². The van der Waals surface area contributed by atoms with Crippen molar-refractivity contribution in [3.05, 3.63) is 0 Å². The Balaban J connectivity index is 4.52. The van der Waals surface area contributed by atoms with Gasteiger partial charge in [0.05, 0.1) is 7.11 Å². The Bertz CT molecular complexity index is 211. The molecule has 0 aliphatic rings. The minimum absolute atomic E-state index is 0.221. The predicted octanol–water partition coefficient (Wildman–Crippen LogP) is 1.65. The third kappa shape index (κ3) is 2.72. The van der Waals surface area contributed by atoms with Gasteiger partial charge in [0.25, 0.3) is 0 Å². The van der Waals surface area contributed by atoms with Crippen LogP contribution in [0.1, 0.15) is 27.2 Å². The predicted molar refractivity (Wildman–Crippen MR) is 49.2 cm³/mol. The second kappa shape index (κ2) is 4.25. The third-order valence-electron chi connectivity index (χ3n) is 2.22. The highest BCUT2D eigenvalue weighted by Gasteiger charge is 2.31. The molecule has 0 aliphatic heterocycles. The van der Waals surface area contributed by atoms with Crippen LogP contribution in [0.3, 0.4) is 0 Å². The van der Waals surface area contributed by atoms with E-state index in [1.165, 1.54) is 14.2 Å². The van der Waals surface area contributed by atoms with Crippen LogP contribution < -0.4 is 0 Å². The zero-order valence-electron chi connectivity index (χ0n) is 8.88. The van der Waals surface area contributed by atoms with E-state index < -0.39 is 11.5 Å². The molecule has 0 N–H and O–H groups in total. The van der Waals surface area contributed by atoms with E-state index in [9.17, 15) is 9.59 Å². The average molecular weight is 187 g/mol. The van der Waals surface area contributed by atoms with Crippen molar-refractivity contribution in [2.45, 2.75) is 27.2 Å². The molecule has 2 amide bonds. The van der Waals surface area contributed by atoms with Gasteiger partial charge in [-0.3, -0.25) is 9.69 Å². The lowest BCUT2D eigenvalue weighted by Gasteiger charge is -2.25. The third-order valence-corrected chi connectivity index (χ3v) is 2.22. The number of amides is 2. The van der Waals surface area contributed by atoms with Gasteiger partial charge in [0.15, 0.2) is 0 Å². The van der Waals surface area contributed by atoms with Gasteiger partial charge in [-0.1, -0.05) is 20.8 Å². The summed E-state index contributed by atoms with van der Waals surface area (Å²) in [5.41, 5.74) is -0.511. The van der Waals surface area contributed by atoms with Crippen molar-refractivity contribution in [1.82, 2.24) is 4.90 Å². The van der Waals surface area contributed by atoms with E-state index in [0.717, 1.165) is 4.90 Å². The van der Waals surface area contributed by atoms with E-state index >= 15 is 0 Å². The van der Waals surface area contributed by atoms with E-state index in [2.05, 4.69) is 4.74 Å². The molecule has 0 aromatic rings. The van der Waals surface area contributed by atoms with Gasteiger partial charge in [-0.25, -0.2) is 4.79 Å². The molecular formula is C9H17NO3. The summed E-state index contributed by atoms with van der Waals surface area (Å²) < 4.78 is 4.44. The van der Waals surface area contributed by atoms with Crippen molar-refractivity contribution in [3.63, 3.8) is 0 Å². The van der Waals surface area contributed by atoms with E-state index in [1.54, 1.807) is 13.8 Å². The molecule has 4 nitrogen and oxygen atoms in total. The fourth-order valence-electron chi connectivity index (χ4n) is 0.825. The molecule has 0 fully saturated rings. The summed E-state index contributed by atoms with van der Waals surface area (Å²) in [5.74, 6) is -0.221. The first-order valence-corrected chi connectivity index (χ1v) is 4.23. The summed E-state index contributed by atoms with van der Waals surface area (Å²) in [6.07, 6.45) is 0.0687. The standard InChI is InChI=1S/C9H17NO3/c1-6-9(2,3)7(11)10(4)8(12)13-5/h6H2,1-5H3. The van der Waals surface area contributed by atoms with Crippen molar-refractivity contribution in [3.8, 4) is 0 Å². The molecule has 0 radical (unpaired) electrons. The normalized spacial score (nSPS) is 10.8. The highest BCUT2D eigenvalue weighted by molar-refractivity contribution is 5.94. The van der Waals surface area contributed by atoms with Gasteiger partial charge in [0.1, 0.15) is 0 Å². The van der Waals surface area contributed by atoms with Crippen LogP contribution in [0, 0.1) is 5.41 Å². The summed E-state index contributed by atoms with van der Waals surface area (Å²) >= 11 is 0. The summed E-state index contributed by atoms with van der Waals surface area (Å²) in [7, 11) is 2.68. The second-order valence-electron chi connectivity index (χ2n) is 3.57. The van der Waals surface area contributed by atoms with E-state index in [1.807, 2.05) is 6.92 Å². The van der Waals surface area contributed by atoms with Crippen LogP contribution in [0.15, 0.2) is 0 Å². The molecule has 4 heteroatoms. The monoisotopic (exact) mass is 187 g/mol. The SMILES string of the molecule is CCC(C)(C)C(=O)N(C)C(=O)OC. The van der Waals surface area contributed by atoms with Crippen LogP contribution in [0.2, 0.25) is 0 Å². The lowest BCUT2D eigenvalue weighted by Crippen LogP contribution is -2.41. The lowest BCUT2D eigenvalue weighted by molar-refractivity contribution is -0.137. The highest BCUT2D eigenvalue weighted by Crippen LogP contribution is 2.22. The van der Waals surface area contributed by atoms with Crippen LogP contribution in [-0.2, 0) is 9.53 Å². The number of imide groups is 1. The highest BCUT2D eigenvalue weighted by atomic mass is 16.5. The number of hydrogen-bond acceptors (Lipinski definition) is 3. The van der Waals surface area contributed by atoms with Crippen molar-refractivity contribution >= 4 is 12.0 Å². The van der Waals surface area contributed by atoms with Gasteiger partial charge in [0.2, 0.25) is 5.91 Å². The number of methoxy groups -OCH3 is 1. The molecule has 0 aromatic carbocycles. The van der Waals surface area contributed by atoms with Gasteiger partial charge < -0.3 is 4.74 Å². The van der Waals surface area contributed by atoms with Crippen LogP contribution in [0.5, 0.6) is 0 Å². The van der Waals surface area contributed by atoms with Gasteiger partial charge in [-0.2, -0.15) is 0 Å². The van der Waals surface area contributed by atoms with Gasteiger partial charge >= 0.3 is 6.09 Å². The van der Waals surface area contributed by atoms with E-state index in [0.29, 0.717) is 6.42 Å². The largest absolute Gasteiger partial charge is 0.452 e. The Hall–Kier alpha value is -1.06. The number of carbonyl (C=O) groups is 2. The summed E-state index contributed by atoms with van der Waals surface area (Å²) in [6, 6.07) is 0. The van der Waals surface area contributed by atoms with Crippen molar-refractivity contribution < 1.29 is 14.3 Å². The topological polar surface area (TPSA) is 46.6 Å². The van der Waals surface area contributed by atoms with Gasteiger partial charge in [-0.15, -0.1) is 0 Å². The Labute approximate surface area is 78.9 Å². The minimum Gasteiger partial charge on any atom is -0.452 e. The molecule has 0 unspecified atom stereocenters. The van der Waals surface area contributed by atoms with Gasteiger partial charge in [-0.05, 0) is 6.42 Å². The number of carbonyl (C=O) groups excluding carboxylic acids is 2. The fourth-order valence-corrected chi connectivity index (χ4v) is 0.825. The summed E-state index contributed by atoms with van der Waals surface area (Å²) in [6.45, 7) is 5.51. The molecule has 13 heavy (non-hydrogen) atoms. The summed E-state index contributed by atoms with van der Waals surface area (Å²) in [4.78, 5) is 23.6. The lowest BCUT2D eigenvalue weighted by atomic mass is 9.89. The Morgan fingerprint density at radius 3 is 2.15 bits per heavy atom. The van der Waals surface area contributed by atoms with Crippen molar-refractivity contribution in [2.75, 3.05) is 14.2 Å². The quantitative estimate of drug-likeness (QED) is 0.660. The maximum Gasteiger partial charge on any atom is 0.415 e. The maximum atomic E-state index is 11.6. The van der Waals surface area contributed by atoms with Crippen LogP contribution in [0.25, 0.3) is 0 Å². The molecular weight excluding hydrogens is 170 g/mol. The van der Waals surface area contributed by atoms with Crippen LogP contribution in [0.4, 0.5) is 4.79 Å². The van der Waals surface area contributed by atoms with E-state index in [4.69, 9.17) is 0 Å². The smallest absolute Gasteiger partial charge is 0.415 e. The first-order chi connectivity index (χ1) is 5.86. The van der Waals surface area contributed by atoms with Crippen LogP contribution >= 0.6 is 0 Å². The molecule has 0 saturated carbocycles. The minimum atomic E-state index is -0.619. The zero-order valence-corrected chi connectivity index (χ0v) is 8.88. The molecule has 0 aromatic heterocycles. The van der Waals surface area contributed by atoms with Crippen LogP contribution in [-0.4, -0.2) is 31.1 Å². The fraction of sp³-hybridized carbons (Fsp3) is 0.778. The molecule has 0 rings (SSSR count). The molecule has 0 aliphatic carbocycles. The number of rotatable bonds is 2. The maximum absolute atomic E-state index is 11.6. The number of hydrogen-bond donors (Lipinski definition) is 0. The number of ether oxygens (including phenoxy) is 1. The Morgan fingerprint density at radius 1 is 1.38 bits per heavy atom. The second-order valence-corrected chi connectivity index (χ2v) is 3.57. The number of nitrogens with zero attached hydrogens (tertiary/aromatic N) is 1. The van der Waals surface area contributed by atoms with Crippen molar-refractivity contribution in [2.24, 2.45) is 5.41 Å². The Kier molecular flexibility index (Phi) is 3.91. The molecule has 76 valence electrons. The first-order valence-electron chi connectivity index (χ1n) is 4.23. The first kappa shape index (κ1) is 11.9. The van der Waals surface area contributed by atoms with Crippen molar-refractivity contribution in [1.29, 1.82) is 0 Å². The molecule has 0 atom stereocenters. The Morgan fingerprint density at radius 2 is 1.85 bits per heavy atom. The summed E-state index contributed by atoms with van der Waals surface area (Å²) in [5, 5.41) is 0. The molecule has 0 saturated heterocycles. The molecule has 0 heterocycles. The van der Waals surface area contributed by atoms with E-state index in [-0.39, 0.29) is 5.91 Å². The molecule has 0 bridgehead atoms. The molecule has 0 spiro atoms.